The van der Waals surface area contributed by atoms with Crippen LogP contribution >= 0.6 is 0 Å². The first-order chi connectivity index (χ1) is 18.8. The molecule has 0 radical (unpaired) electrons. The average Bonchev–Trinajstić information content (AvgIpc) is 2.94. The van der Waals surface area contributed by atoms with E-state index in [-0.39, 0.29) is 24.7 Å². The van der Waals surface area contributed by atoms with Gasteiger partial charge in [-0.15, -0.1) is 10.1 Å². The highest BCUT2D eigenvalue weighted by atomic mass is 19.1. The lowest BCUT2D eigenvalue weighted by Crippen LogP contribution is -2.17. The van der Waals surface area contributed by atoms with Crippen LogP contribution in [0, 0.1) is 15.9 Å². The van der Waals surface area contributed by atoms with Crippen molar-refractivity contribution in [1.29, 1.82) is 0 Å². The van der Waals surface area contributed by atoms with Crippen molar-refractivity contribution in [3.05, 3.63) is 99.9 Å². The molecule has 0 spiro atoms. The summed E-state index contributed by atoms with van der Waals surface area (Å²) in [6, 6.07) is 18.5. The van der Waals surface area contributed by atoms with E-state index in [9.17, 15) is 24.1 Å². The molecule has 0 saturated carbocycles. The molecule has 3 rings (SSSR count). The summed E-state index contributed by atoms with van der Waals surface area (Å²) in [4.78, 5) is 39.0. The highest BCUT2D eigenvalue weighted by Crippen LogP contribution is 2.31. The van der Waals surface area contributed by atoms with Crippen LogP contribution < -0.4 is 9.47 Å². The minimum Gasteiger partial charge on any atom is -0.493 e. The van der Waals surface area contributed by atoms with Crippen LogP contribution in [0.5, 0.6) is 11.5 Å². The first-order valence-electron chi connectivity index (χ1n) is 12.1. The van der Waals surface area contributed by atoms with Crippen molar-refractivity contribution in [1.82, 2.24) is 0 Å². The molecular weight excluding hydrogens is 509 g/mol. The molecule has 9 nitrogen and oxygen atoms in total. The standard InChI is InChI=1S/C29H28FNO8/c1-20(23-12-13-24(25(30)19-23)22-8-4-3-5-9-22)29(33)39-26-14-10-21(18-27(26)36-2)11-15-28(32)37-16-6-7-17-38-31(34)35/h3-5,8-15,18-20H,6-7,16-17H2,1-2H3/b15-11+. The van der Waals surface area contributed by atoms with Crippen molar-refractivity contribution >= 4 is 18.0 Å². The van der Waals surface area contributed by atoms with E-state index >= 15 is 0 Å². The molecule has 0 fully saturated rings. The smallest absolute Gasteiger partial charge is 0.330 e. The van der Waals surface area contributed by atoms with Gasteiger partial charge in [0.05, 0.1) is 26.2 Å². The molecule has 3 aromatic rings. The van der Waals surface area contributed by atoms with Crippen LogP contribution in [0.2, 0.25) is 0 Å². The largest absolute Gasteiger partial charge is 0.493 e. The van der Waals surface area contributed by atoms with Crippen molar-refractivity contribution in [2.75, 3.05) is 20.3 Å². The molecule has 10 heteroatoms. The van der Waals surface area contributed by atoms with Crippen LogP contribution in [0.25, 0.3) is 17.2 Å². The topological polar surface area (TPSA) is 114 Å². The summed E-state index contributed by atoms with van der Waals surface area (Å²) >= 11 is 0. The first kappa shape index (κ1) is 28.8. The first-order valence-corrected chi connectivity index (χ1v) is 12.1. The van der Waals surface area contributed by atoms with Crippen molar-refractivity contribution in [3.63, 3.8) is 0 Å². The van der Waals surface area contributed by atoms with E-state index in [1.807, 2.05) is 30.3 Å². The maximum atomic E-state index is 14.8. The van der Waals surface area contributed by atoms with Crippen LogP contribution in [-0.4, -0.2) is 37.3 Å². The third-order valence-electron chi connectivity index (χ3n) is 5.72. The van der Waals surface area contributed by atoms with Gasteiger partial charge in [-0.3, -0.25) is 4.79 Å². The van der Waals surface area contributed by atoms with Crippen molar-refractivity contribution in [2.24, 2.45) is 0 Å². The monoisotopic (exact) mass is 537 g/mol. The molecule has 0 aliphatic carbocycles. The molecule has 0 N–H and O–H groups in total. The molecule has 204 valence electrons. The Morgan fingerprint density at radius 3 is 2.44 bits per heavy atom. The highest BCUT2D eigenvalue weighted by Gasteiger charge is 2.21. The number of nitrogens with zero attached hydrogens (tertiary/aromatic N) is 1. The van der Waals surface area contributed by atoms with Gasteiger partial charge in [-0.2, -0.15) is 0 Å². The maximum absolute atomic E-state index is 14.8. The number of rotatable bonds is 13. The molecule has 39 heavy (non-hydrogen) atoms. The zero-order valence-electron chi connectivity index (χ0n) is 21.5. The SMILES string of the molecule is COc1cc(/C=C/C(=O)OCCCCO[N+](=O)[O-])ccc1OC(=O)C(C)c1ccc(-c2ccccc2)c(F)c1. The molecule has 0 amide bonds. The second-order valence-electron chi connectivity index (χ2n) is 8.42. The Morgan fingerprint density at radius 1 is 1.00 bits per heavy atom. The van der Waals surface area contributed by atoms with Crippen molar-refractivity contribution in [3.8, 4) is 22.6 Å². The second kappa shape index (κ2) is 14.3. The predicted octanol–water partition coefficient (Wildman–Crippen LogP) is 5.76. The number of hydrogen-bond acceptors (Lipinski definition) is 8. The summed E-state index contributed by atoms with van der Waals surface area (Å²) < 4.78 is 30.7. The minimum atomic E-state index is -0.873. The van der Waals surface area contributed by atoms with Gasteiger partial charge in [-0.1, -0.05) is 48.5 Å². The van der Waals surface area contributed by atoms with Crippen LogP contribution in [0.3, 0.4) is 0 Å². The summed E-state index contributed by atoms with van der Waals surface area (Å²) in [5, 5.41) is 9.20. The highest BCUT2D eigenvalue weighted by molar-refractivity contribution is 5.87. The van der Waals surface area contributed by atoms with Gasteiger partial charge in [0.2, 0.25) is 0 Å². The van der Waals surface area contributed by atoms with E-state index in [1.165, 1.54) is 31.4 Å². The van der Waals surface area contributed by atoms with Crippen LogP contribution in [0.15, 0.2) is 72.8 Å². The van der Waals surface area contributed by atoms with E-state index in [0.29, 0.717) is 29.5 Å². The number of benzene rings is 3. The van der Waals surface area contributed by atoms with Gasteiger partial charge in [0.25, 0.3) is 5.09 Å². The van der Waals surface area contributed by atoms with Gasteiger partial charge in [0, 0.05) is 11.6 Å². The van der Waals surface area contributed by atoms with Gasteiger partial charge < -0.3 is 19.0 Å². The number of carbonyl (C=O) groups is 2. The fourth-order valence-corrected chi connectivity index (χ4v) is 3.59. The Labute approximate surface area is 224 Å². The van der Waals surface area contributed by atoms with E-state index in [4.69, 9.17) is 14.2 Å². The van der Waals surface area contributed by atoms with Gasteiger partial charge in [-0.25, -0.2) is 9.18 Å². The fourth-order valence-electron chi connectivity index (χ4n) is 3.59. The molecular formula is C29H28FNO8. The average molecular weight is 538 g/mol. The number of unbranched alkanes of at least 4 members (excludes halogenated alkanes) is 1. The van der Waals surface area contributed by atoms with Gasteiger partial charge in [-0.05, 0) is 60.7 Å². The third-order valence-corrected chi connectivity index (χ3v) is 5.72. The number of esters is 2. The summed E-state index contributed by atoms with van der Waals surface area (Å²) in [6.45, 7) is 1.66. The summed E-state index contributed by atoms with van der Waals surface area (Å²) in [6.07, 6.45) is 3.53. The lowest BCUT2D eigenvalue weighted by atomic mass is 9.97. The van der Waals surface area contributed by atoms with E-state index < -0.39 is 28.8 Å². The summed E-state index contributed by atoms with van der Waals surface area (Å²) in [5.74, 6) is -1.91. The van der Waals surface area contributed by atoms with Crippen LogP contribution in [0.4, 0.5) is 4.39 Å². The Morgan fingerprint density at radius 2 is 1.74 bits per heavy atom. The zero-order valence-corrected chi connectivity index (χ0v) is 21.5. The second-order valence-corrected chi connectivity index (χ2v) is 8.42. The lowest BCUT2D eigenvalue weighted by molar-refractivity contribution is -0.757. The minimum absolute atomic E-state index is 0.0622. The molecule has 0 heterocycles. The number of carbonyl (C=O) groups excluding carboxylic acids is 2. The Balaban J connectivity index is 1.57. The molecule has 0 aliphatic heterocycles. The molecule has 0 saturated heterocycles. The number of ether oxygens (including phenoxy) is 3. The van der Waals surface area contributed by atoms with E-state index in [1.54, 1.807) is 31.2 Å². The molecule has 0 aromatic heterocycles. The van der Waals surface area contributed by atoms with Crippen molar-refractivity contribution < 1.29 is 38.1 Å². The summed E-state index contributed by atoms with van der Waals surface area (Å²) in [5.41, 5.74) is 2.25. The fraction of sp³-hybridized carbons (Fsp3) is 0.241. The third kappa shape index (κ3) is 8.67. The van der Waals surface area contributed by atoms with Gasteiger partial charge in [0.15, 0.2) is 11.5 Å². The molecule has 3 aromatic carbocycles. The predicted molar refractivity (Wildman–Crippen MR) is 141 cm³/mol. The Bertz CT molecular complexity index is 1330. The van der Waals surface area contributed by atoms with Crippen LogP contribution in [0.1, 0.15) is 36.8 Å². The Kier molecular flexibility index (Phi) is 10.6. The van der Waals surface area contributed by atoms with E-state index in [2.05, 4.69) is 4.84 Å². The number of halogens is 1. The maximum Gasteiger partial charge on any atom is 0.330 e. The molecule has 1 unspecified atom stereocenters. The zero-order chi connectivity index (χ0) is 28.2. The van der Waals surface area contributed by atoms with Gasteiger partial charge >= 0.3 is 11.9 Å². The Hall–Kier alpha value is -4.73. The molecule has 0 aliphatic rings. The van der Waals surface area contributed by atoms with Crippen molar-refractivity contribution in [2.45, 2.75) is 25.7 Å². The number of hydrogen-bond donors (Lipinski definition) is 0. The lowest BCUT2D eigenvalue weighted by Gasteiger charge is -2.15. The van der Waals surface area contributed by atoms with Crippen LogP contribution in [-0.2, 0) is 19.2 Å². The normalized spacial score (nSPS) is 11.6. The van der Waals surface area contributed by atoms with E-state index in [0.717, 1.165) is 5.56 Å². The van der Waals surface area contributed by atoms with Gasteiger partial charge in [0.1, 0.15) is 5.82 Å². The molecule has 1 atom stereocenters. The quantitative estimate of drug-likeness (QED) is 0.0676. The summed E-state index contributed by atoms with van der Waals surface area (Å²) in [7, 11) is 1.41. The number of methoxy groups -OCH3 is 1. The molecule has 0 bridgehead atoms.